The van der Waals surface area contributed by atoms with Crippen molar-refractivity contribution in [1.82, 2.24) is 14.7 Å². The Kier molecular flexibility index (Phi) is 4.29. The van der Waals surface area contributed by atoms with Gasteiger partial charge in [-0.3, -0.25) is 0 Å². The molecule has 0 spiro atoms. The fraction of sp³-hybridized carbons (Fsp3) is 0.250. The summed E-state index contributed by atoms with van der Waals surface area (Å²) < 4.78 is 12.9. The van der Waals surface area contributed by atoms with Crippen LogP contribution in [-0.4, -0.2) is 41.0 Å². The highest BCUT2D eigenvalue weighted by atomic mass is 16.5. The Balaban J connectivity index is 1.47. The molecule has 2 heterocycles. The number of benzene rings is 2. The van der Waals surface area contributed by atoms with E-state index in [1.807, 2.05) is 23.9 Å². The van der Waals surface area contributed by atoms with E-state index in [1.165, 1.54) is 10.8 Å². The molecule has 0 fully saturated rings. The molecule has 0 saturated heterocycles. The zero-order valence-corrected chi connectivity index (χ0v) is 14.3. The van der Waals surface area contributed by atoms with Gasteiger partial charge in [0.1, 0.15) is 13.2 Å². The molecule has 0 N–H and O–H groups in total. The Morgan fingerprint density at radius 3 is 2.84 bits per heavy atom. The van der Waals surface area contributed by atoms with Crippen LogP contribution in [0.4, 0.5) is 0 Å². The number of aryl methyl sites for hydroxylation is 1. The molecule has 1 aliphatic heterocycles. The Morgan fingerprint density at radius 2 is 2.00 bits per heavy atom. The lowest BCUT2D eigenvalue weighted by Gasteiger charge is -2.22. The number of aromatic nitrogens is 2. The normalized spacial score (nSPS) is 13.9. The summed E-state index contributed by atoms with van der Waals surface area (Å²) in [6.07, 6.45) is 3.67. The highest BCUT2D eigenvalue weighted by Gasteiger charge is 2.09. The van der Waals surface area contributed by atoms with E-state index in [9.17, 15) is 0 Å². The van der Waals surface area contributed by atoms with E-state index in [0.29, 0.717) is 12.5 Å². The predicted octanol–water partition coefficient (Wildman–Crippen LogP) is 3.52. The molecule has 5 heteroatoms. The van der Waals surface area contributed by atoms with Gasteiger partial charge in [-0.2, -0.15) is 0 Å². The van der Waals surface area contributed by atoms with Gasteiger partial charge in [0.2, 0.25) is 5.88 Å². The second-order valence-corrected chi connectivity index (χ2v) is 6.11. The van der Waals surface area contributed by atoms with Crippen LogP contribution in [0.3, 0.4) is 0 Å². The van der Waals surface area contributed by atoms with Crippen molar-refractivity contribution < 1.29 is 9.47 Å². The molecular weight excluding hydrogens is 314 g/mol. The summed E-state index contributed by atoms with van der Waals surface area (Å²) in [5.74, 6) is 0.655. The van der Waals surface area contributed by atoms with Gasteiger partial charge in [0.05, 0.1) is 25.0 Å². The predicted molar refractivity (Wildman–Crippen MR) is 98.0 cm³/mol. The quantitative estimate of drug-likeness (QED) is 0.715. The van der Waals surface area contributed by atoms with Gasteiger partial charge in [-0.05, 0) is 29.8 Å². The molecule has 1 aliphatic rings. The zero-order valence-electron chi connectivity index (χ0n) is 14.3. The van der Waals surface area contributed by atoms with Crippen LogP contribution < -0.4 is 4.74 Å². The highest BCUT2D eigenvalue weighted by Crippen LogP contribution is 2.21. The fourth-order valence-electron chi connectivity index (χ4n) is 2.98. The Bertz CT molecular complexity index is 901. The van der Waals surface area contributed by atoms with Crippen LogP contribution in [0.25, 0.3) is 16.5 Å². The summed E-state index contributed by atoms with van der Waals surface area (Å²) >= 11 is 0. The molecule has 0 atom stereocenters. The van der Waals surface area contributed by atoms with E-state index in [-0.39, 0.29) is 0 Å². The topological polar surface area (TPSA) is 39.5 Å². The summed E-state index contributed by atoms with van der Waals surface area (Å²) in [6, 6.07) is 16.7. The van der Waals surface area contributed by atoms with Crippen LogP contribution in [0.1, 0.15) is 5.69 Å². The number of hydrogen-bond acceptors (Lipinski definition) is 4. The van der Waals surface area contributed by atoms with Gasteiger partial charge in [0.15, 0.2) is 0 Å². The zero-order chi connectivity index (χ0) is 17.1. The Hall–Kier alpha value is -2.95. The maximum atomic E-state index is 5.83. The lowest BCUT2D eigenvalue weighted by atomic mass is 10.1. The number of rotatable bonds is 5. The van der Waals surface area contributed by atoms with Crippen LogP contribution in [0.5, 0.6) is 5.88 Å². The van der Waals surface area contributed by atoms with E-state index in [1.54, 1.807) is 6.26 Å². The minimum atomic E-state index is 0.596. The second-order valence-electron chi connectivity index (χ2n) is 6.11. The lowest BCUT2D eigenvalue weighted by Crippen LogP contribution is -2.29. The van der Waals surface area contributed by atoms with E-state index >= 15 is 0 Å². The number of fused-ring (bicyclic) bond motifs is 1. The molecule has 4 rings (SSSR count). The lowest BCUT2D eigenvalue weighted by molar-refractivity contribution is 0.157. The molecule has 1 aromatic heterocycles. The molecule has 0 amide bonds. The van der Waals surface area contributed by atoms with Gasteiger partial charge in [-0.15, -0.1) is 5.10 Å². The molecule has 5 nitrogen and oxygen atoms in total. The van der Waals surface area contributed by atoms with Crippen molar-refractivity contribution in [2.24, 2.45) is 0 Å². The first-order chi connectivity index (χ1) is 12.3. The third-order valence-corrected chi connectivity index (χ3v) is 4.34. The van der Waals surface area contributed by atoms with Crippen LogP contribution in [0.15, 0.2) is 61.0 Å². The Morgan fingerprint density at radius 1 is 1.12 bits per heavy atom. The SMILES string of the molecule is Cc1cc(OCCN2C=COCC2)nn1-c1ccc2ccccc2c1. The van der Waals surface area contributed by atoms with Crippen molar-refractivity contribution in [3.63, 3.8) is 0 Å². The van der Waals surface area contributed by atoms with E-state index < -0.39 is 0 Å². The summed E-state index contributed by atoms with van der Waals surface area (Å²) in [6.45, 7) is 5.08. The molecule has 0 bridgehead atoms. The van der Waals surface area contributed by atoms with Crippen LogP contribution in [0.2, 0.25) is 0 Å². The van der Waals surface area contributed by atoms with E-state index in [4.69, 9.17) is 9.47 Å². The van der Waals surface area contributed by atoms with Gasteiger partial charge >= 0.3 is 0 Å². The van der Waals surface area contributed by atoms with Crippen molar-refractivity contribution in [2.75, 3.05) is 26.3 Å². The first-order valence-corrected chi connectivity index (χ1v) is 8.50. The minimum Gasteiger partial charge on any atom is -0.498 e. The first kappa shape index (κ1) is 15.6. The fourth-order valence-corrected chi connectivity index (χ4v) is 2.98. The van der Waals surface area contributed by atoms with E-state index in [0.717, 1.165) is 31.1 Å². The third kappa shape index (κ3) is 3.45. The van der Waals surface area contributed by atoms with Gasteiger partial charge in [0.25, 0.3) is 0 Å². The summed E-state index contributed by atoms with van der Waals surface area (Å²) in [5, 5.41) is 7.04. The molecule has 0 saturated carbocycles. The maximum Gasteiger partial charge on any atom is 0.233 e. The smallest absolute Gasteiger partial charge is 0.233 e. The molecule has 128 valence electrons. The van der Waals surface area contributed by atoms with Crippen molar-refractivity contribution in [1.29, 1.82) is 0 Å². The summed E-state index contributed by atoms with van der Waals surface area (Å²) in [5.41, 5.74) is 2.10. The van der Waals surface area contributed by atoms with Crippen LogP contribution in [-0.2, 0) is 4.74 Å². The van der Waals surface area contributed by atoms with Crippen molar-refractivity contribution in [2.45, 2.75) is 6.92 Å². The van der Waals surface area contributed by atoms with Gasteiger partial charge in [-0.1, -0.05) is 30.3 Å². The van der Waals surface area contributed by atoms with Crippen LogP contribution in [0, 0.1) is 6.92 Å². The van der Waals surface area contributed by atoms with Crippen LogP contribution >= 0.6 is 0 Å². The van der Waals surface area contributed by atoms with Crippen molar-refractivity contribution >= 4 is 10.8 Å². The van der Waals surface area contributed by atoms with Gasteiger partial charge in [-0.25, -0.2) is 4.68 Å². The molecule has 25 heavy (non-hydrogen) atoms. The standard InChI is InChI=1S/C20H21N3O2/c1-16-14-20(25-13-10-22-8-11-24-12-9-22)21-23(16)19-7-6-17-4-2-3-5-18(17)15-19/h2-8,11,14-15H,9-10,12-13H2,1H3. The molecule has 0 aliphatic carbocycles. The monoisotopic (exact) mass is 335 g/mol. The van der Waals surface area contributed by atoms with Crippen molar-refractivity contribution in [3.8, 4) is 11.6 Å². The van der Waals surface area contributed by atoms with Crippen molar-refractivity contribution in [3.05, 3.63) is 66.7 Å². The third-order valence-electron chi connectivity index (χ3n) is 4.34. The van der Waals surface area contributed by atoms with Gasteiger partial charge in [0, 0.05) is 18.0 Å². The summed E-state index contributed by atoms with van der Waals surface area (Å²) in [7, 11) is 0. The minimum absolute atomic E-state index is 0.596. The first-order valence-electron chi connectivity index (χ1n) is 8.50. The number of ether oxygens (including phenoxy) is 2. The number of hydrogen-bond donors (Lipinski definition) is 0. The largest absolute Gasteiger partial charge is 0.498 e. The highest BCUT2D eigenvalue weighted by molar-refractivity contribution is 5.84. The number of nitrogens with zero attached hydrogens (tertiary/aromatic N) is 3. The molecule has 0 unspecified atom stereocenters. The molecule has 2 aromatic carbocycles. The summed E-state index contributed by atoms with van der Waals surface area (Å²) in [4.78, 5) is 2.18. The average Bonchev–Trinajstić information content (AvgIpc) is 3.03. The molecular formula is C20H21N3O2. The average molecular weight is 335 g/mol. The van der Waals surface area contributed by atoms with E-state index in [2.05, 4.69) is 52.5 Å². The molecule has 0 radical (unpaired) electrons. The Labute approximate surface area is 147 Å². The van der Waals surface area contributed by atoms with Gasteiger partial charge < -0.3 is 14.4 Å². The second kappa shape index (κ2) is 6.89. The maximum absolute atomic E-state index is 5.83. The molecule has 3 aromatic rings.